The van der Waals surface area contributed by atoms with Crippen molar-refractivity contribution in [3.63, 3.8) is 0 Å². The Bertz CT molecular complexity index is 728. The second kappa shape index (κ2) is 5.30. The minimum atomic E-state index is 0.0112. The number of carbonyl (C=O) groups excluding carboxylic acids is 1. The maximum absolute atomic E-state index is 11.4. The zero-order valence-electron chi connectivity index (χ0n) is 11.6. The van der Waals surface area contributed by atoms with E-state index in [-0.39, 0.29) is 5.91 Å². The molecule has 1 aliphatic heterocycles. The Kier molecular flexibility index (Phi) is 3.47. The summed E-state index contributed by atoms with van der Waals surface area (Å²) in [6.07, 6.45) is 1.15. The van der Waals surface area contributed by atoms with Crippen molar-refractivity contribution >= 4 is 28.9 Å². The van der Waals surface area contributed by atoms with Gasteiger partial charge in [0.2, 0.25) is 5.91 Å². The molecule has 0 spiro atoms. The lowest BCUT2D eigenvalue weighted by atomic mass is 10.0. The van der Waals surface area contributed by atoms with Gasteiger partial charge >= 0.3 is 0 Å². The Labute approximate surface area is 127 Å². The summed E-state index contributed by atoms with van der Waals surface area (Å²) in [4.78, 5) is 11.4. The number of aryl methyl sites for hydroxylation is 2. The number of anilines is 2. The zero-order chi connectivity index (χ0) is 15.0. The first-order valence-corrected chi connectivity index (χ1v) is 7.07. The molecule has 0 aliphatic carbocycles. The summed E-state index contributed by atoms with van der Waals surface area (Å²) in [5.41, 5.74) is 9.30. The van der Waals surface area contributed by atoms with E-state index in [9.17, 15) is 4.79 Å². The van der Waals surface area contributed by atoms with Crippen LogP contribution in [0.2, 0.25) is 5.02 Å². The lowest BCUT2D eigenvalue weighted by molar-refractivity contribution is -0.116. The number of nitrogens with two attached hydrogens (primary N) is 1. The third kappa shape index (κ3) is 2.81. The first-order chi connectivity index (χ1) is 10.0. The van der Waals surface area contributed by atoms with Crippen LogP contribution in [0.4, 0.5) is 11.4 Å². The number of halogens is 1. The Morgan fingerprint density at radius 3 is 2.76 bits per heavy atom. The maximum atomic E-state index is 11.4. The van der Waals surface area contributed by atoms with Crippen LogP contribution in [0.5, 0.6) is 11.5 Å². The van der Waals surface area contributed by atoms with Crippen molar-refractivity contribution in [1.29, 1.82) is 0 Å². The average molecular weight is 303 g/mol. The second-order valence-corrected chi connectivity index (χ2v) is 5.54. The summed E-state index contributed by atoms with van der Waals surface area (Å²) in [5.74, 6) is 1.13. The molecule has 0 saturated heterocycles. The van der Waals surface area contributed by atoms with Crippen LogP contribution in [-0.2, 0) is 11.2 Å². The molecule has 4 nitrogen and oxygen atoms in total. The number of fused-ring (bicyclic) bond motifs is 1. The van der Waals surface area contributed by atoms with Crippen LogP contribution in [0.3, 0.4) is 0 Å². The van der Waals surface area contributed by atoms with E-state index in [0.717, 1.165) is 16.8 Å². The number of nitrogen functional groups attached to an aromatic ring is 1. The third-order valence-electron chi connectivity index (χ3n) is 3.44. The zero-order valence-corrected chi connectivity index (χ0v) is 12.3. The van der Waals surface area contributed by atoms with Crippen LogP contribution in [0.25, 0.3) is 0 Å². The Morgan fingerprint density at radius 2 is 2.00 bits per heavy atom. The molecule has 0 radical (unpaired) electrons. The third-order valence-corrected chi connectivity index (χ3v) is 3.73. The molecule has 0 fully saturated rings. The Balaban J connectivity index is 1.94. The quantitative estimate of drug-likeness (QED) is 0.827. The molecule has 0 saturated carbocycles. The fourth-order valence-corrected chi connectivity index (χ4v) is 2.59. The standard InChI is InChI=1S/C16H15ClN2O2/c1-9-2-4-14(11(17)6-9)21-15-7-10-3-5-16(20)19-13(10)8-12(15)18/h2,4,6-8H,3,5,18H2,1H3,(H,19,20). The topological polar surface area (TPSA) is 64.3 Å². The van der Waals surface area contributed by atoms with Gasteiger partial charge in [-0.2, -0.15) is 0 Å². The summed E-state index contributed by atoms with van der Waals surface area (Å²) < 4.78 is 5.82. The van der Waals surface area contributed by atoms with Crippen LogP contribution in [0.1, 0.15) is 17.5 Å². The molecule has 1 amide bonds. The summed E-state index contributed by atoms with van der Waals surface area (Å²) in [6, 6.07) is 9.17. The average Bonchev–Trinajstić information content (AvgIpc) is 2.42. The van der Waals surface area contributed by atoms with Crippen molar-refractivity contribution in [3.8, 4) is 11.5 Å². The highest BCUT2D eigenvalue weighted by Gasteiger charge is 2.17. The highest BCUT2D eigenvalue weighted by Crippen LogP contribution is 2.37. The molecule has 3 N–H and O–H groups in total. The molecule has 21 heavy (non-hydrogen) atoms. The lowest BCUT2D eigenvalue weighted by Gasteiger charge is -2.19. The van der Waals surface area contributed by atoms with E-state index in [1.807, 2.05) is 31.2 Å². The highest BCUT2D eigenvalue weighted by atomic mass is 35.5. The van der Waals surface area contributed by atoms with Gasteiger partial charge in [0.15, 0.2) is 5.75 Å². The van der Waals surface area contributed by atoms with E-state index in [1.165, 1.54) is 0 Å². The summed E-state index contributed by atoms with van der Waals surface area (Å²) in [6.45, 7) is 1.96. The summed E-state index contributed by atoms with van der Waals surface area (Å²) in [7, 11) is 0. The van der Waals surface area contributed by atoms with Gasteiger partial charge in [-0.1, -0.05) is 17.7 Å². The molecule has 0 atom stereocenters. The van der Waals surface area contributed by atoms with E-state index in [1.54, 1.807) is 6.07 Å². The number of carbonyl (C=O) groups is 1. The minimum absolute atomic E-state index is 0.0112. The predicted octanol–water partition coefficient (Wildman–Crippen LogP) is 3.91. The van der Waals surface area contributed by atoms with Crippen LogP contribution in [0, 0.1) is 6.92 Å². The molecule has 2 aromatic rings. The molecule has 0 aromatic heterocycles. The molecule has 0 unspecified atom stereocenters. The van der Waals surface area contributed by atoms with E-state index in [2.05, 4.69) is 5.32 Å². The van der Waals surface area contributed by atoms with Crippen molar-refractivity contribution < 1.29 is 9.53 Å². The van der Waals surface area contributed by atoms with Gasteiger partial charge in [0.1, 0.15) is 5.75 Å². The first-order valence-electron chi connectivity index (χ1n) is 6.69. The van der Waals surface area contributed by atoms with Gasteiger partial charge in [-0.3, -0.25) is 4.79 Å². The molecule has 3 rings (SSSR count). The molecule has 108 valence electrons. The highest BCUT2D eigenvalue weighted by molar-refractivity contribution is 6.32. The number of amides is 1. The molecular formula is C16H15ClN2O2. The first kappa shape index (κ1) is 13.8. The molecule has 0 bridgehead atoms. The van der Waals surface area contributed by atoms with Crippen molar-refractivity contribution in [2.75, 3.05) is 11.1 Å². The van der Waals surface area contributed by atoms with Crippen LogP contribution < -0.4 is 15.8 Å². The van der Waals surface area contributed by atoms with E-state index >= 15 is 0 Å². The SMILES string of the molecule is Cc1ccc(Oc2cc3c(cc2N)NC(=O)CC3)c(Cl)c1. The van der Waals surface area contributed by atoms with Crippen molar-refractivity contribution in [2.24, 2.45) is 0 Å². The van der Waals surface area contributed by atoms with Gasteiger partial charge < -0.3 is 15.8 Å². The van der Waals surface area contributed by atoms with Crippen molar-refractivity contribution in [3.05, 3.63) is 46.5 Å². The molecule has 2 aromatic carbocycles. The number of rotatable bonds is 2. The predicted molar refractivity (Wildman–Crippen MR) is 84.1 cm³/mol. The molecule has 1 aliphatic rings. The lowest BCUT2D eigenvalue weighted by Crippen LogP contribution is -2.19. The van der Waals surface area contributed by atoms with Gasteiger partial charge in [-0.25, -0.2) is 0 Å². The van der Waals surface area contributed by atoms with Gasteiger partial charge in [0, 0.05) is 12.1 Å². The van der Waals surface area contributed by atoms with Gasteiger partial charge in [-0.15, -0.1) is 0 Å². The van der Waals surface area contributed by atoms with Crippen LogP contribution >= 0.6 is 11.6 Å². The number of hydrogen-bond donors (Lipinski definition) is 2. The monoisotopic (exact) mass is 302 g/mol. The Hall–Kier alpha value is -2.20. The summed E-state index contributed by atoms with van der Waals surface area (Å²) >= 11 is 6.17. The fourth-order valence-electron chi connectivity index (χ4n) is 2.32. The number of nitrogens with one attached hydrogen (secondary N) is 1. The fraction of sp³-hybridized carbons (Fsp3) is 0.188. The minimum Gasteiger partial charge on any atom is -0.454 e. The normalized spacial score (nSPS) is 13.5. The summed E-state index contributed by atoms with van der Waals surface area (Å²) in [5, 5.41) is 3.35. The van der Waals surface area contributed by atoms with E-state index in [0.29, 0.717) is 35.1 Å². The van der Waals surface area contributed by atoms with Crippen LogP contribution in [-0.4, -0.2) is 5.91 Å². The molecule has 1 heterocycles. The Morgan fingerprint density at radius 1 is 1.19 bits per heavy atom. The van der Waals surface area contributed by atoms with E-state index in [4.69, 9.17) is 22.1 Å². The smallest absolute Gasteiger partial charge is 0.224 e. The maximum Gasteiger partial charge on any atom is 0.224 e. The van der Waals surface area contributed by atoms with Gasteiger partial charge in [0.05, 0.1) is 10.7 Å². The van der Waals surface area contributed by atoms with Crippen LogP contribution in [0.15, 0.2) is 30.3 Å². The molecule has 5 heteroatoms. The number of ether oxygens (including phenoxy) is 1. The van der Waals surface area contributed by atoms with E-state index < -0.39 is 0 Å². The van der Waals surface area contributed by atoms with Crippen molar-refractivity contribution in [1.82, 2.24) is 0 Å². The number of benzene rings is 2. The number of hydrogen-bond acceptors (Lipinski definition) is 3. The van der Waals surface area contributed by atoms with Gasteiger partial charge in [0.25, 0.3) is 0 Å². The second-order valence-electron chi connectivity index (χ2n) is 5.13. The molecular weight excluding hydrogens is 288 g/mol. The largest absolute Gasteiger partial charge is 0.454 e. The van der Waals surface area contributed by atoms with Gasteiger partial charge in [-0.05, 0) is 48.7 Å². The van der Waals surface area contributed by atoms with Crippen molar-refractivity contribution in [2.45, 2.75) is 19.8 Å².